The molecule has 2 rings (SSSR count). The molecule has 1 aromatic heterocycles. The van der Waals surface area contributed by atoms with Crippen LogP contribution in [0.5, 0.6) is 0 Å². The second kappa shape index (κ2) is 5.43. The van der Waals surface area contributed by atoms with E-state index in [4.69, 9.17) is 0 Å². The molecule has 1 heterocycles. The number of aliphatic carboxylic acids is 1. The van der Waals surface area contributed by atoms with Crippen molar-refractivity contribution in [2.45, 2.75) is 10.9 Å². The maximum absolute atomic E-state index is 12.1. The van der Waals surface area contributed by atoms with E-state index in [1.165, 1.54) is 10.9 Å². The zero-order chi connectivity index (χ0) is 14.8. The summed E-state index contributed by atoms with van der Waals surface area (Å²) in [5.74, 6) is -1.27. The van der Waals surface area contributed by atoms with Gasteiger partial charge in [0.15, 0.2) is 0 Å². The van der Waals surface area contributed by atoms with Crippen molar-refractivity contribution in [2.75, 3.05) is 0 Å². The lowest BCUT2D eigenvalue weighted by molar-refractivity contribution is -0.139. The number of carboxylic acids is 1. The molecule has 2 N–H and O–H groups in total. The van der Waals surface area contributed by atoms with Crippen molar-refractivity contribution in [3.05, 3.63) is 48.3 Å². The van der Waals surface area contributed by atoms with Gasteiger partial charge in [0.1, 0.15) is 10.9 Å². The molecule has 0 spiro atoms. The van der Waals surface area contributed by atoms with Crippen LogP contribution in [0.3, 0.4) is 0 Å². The molecule has 20 heavy (non-hydrogen) atoms. The molecule has 0 bridgehead atoms. The first-order valence-corrected chi connectivity index (χ1v) is 7.17. The van der Waals surface area contributed by atoms with Crippen molar-refractivity contribution < 1.29 is 18.3 Å². The summed E-state index contributed by atoms with van der Waals surface area (Å²) in [7, 11) is -2.37. The van der Waals surface area contributed by atoms with Crippen LogP contribution in [0.25, 0.3) is 0 Å². The van der Waals surface area contributed by atoms with Crippen LogP contribution in [0.1, 0.15) is 11.6 Å². The van der Waals surface area contributed by atoms with E-state index < -0.39 is 22.0 Å². The molecule has 106 valence electrons. The first-order chi connectivity index (χ1) is 9.40. The van der Waals surface area contributed by atoms with Crippen molar-refractivity contribution in [3.8, 4) is 0 Å². The number of carboxylic acid groups (broad SMARTS) is 1. The van der Waals surface area contributed by atoms with Crippen LogP contribution in [0.15, 0.2) is 47.6 Å². The van der Waals surface area contributed by atoms with Crippen LogP contribution in [0.4, 0.5) is 0 Å². The maximum atomic E-state index is 12.1. The minimum atomic E-state index is -3.95. The van der Waals surface area contributed by atoms with E-state index in [0.29, 0.717) is 5.56 Å². The molecule has 1 atom stereocenters. The third kappa shape index (κ3) is 3.03. The largest absolute Gasteiger partial charge is 0.480 e. The van der Waals surface area contributed by atoms with Gasteiger partial charge in [-0.2, -0.15) is 9.82 Å². The molecule has 0 unspecified atom stereocenters. The molecule has 0 fully saturated rings. The molecule has 0 aliphatic rings. The number of carbonyl (C=O) groups is 1. The van der Waals surface area contributed by atoms with Crippen molar-refractivity contribution in [3.63, 3.8) is 0 Å². The fourth-order valence-electron chi connectivity index (χ4n) is 1.67. The van der Waals surface area contributed by atoms with Crippen LogP contribution in [-0.4, -0.2) is 29.3 Å². The highest BCUT2D eigenvalue weighted by molar-refractivity contribution is 7.89. The number of nitrogens with one attached hydrogen (secondary N) is 1. The van der Waals surface area contributed by atoms with Gasteiger partial charge >= 0.3 is 5.97 Å². The van der Waals surface area contributed by atoms with E-state index in [9.17, 15) is 18.3 Å². The lowest BCUT2D eigenvalue weighted by Crippen LogP contribution is -2.33. The summed E-state index contributed by atoms with van der Waals surface area (Å²) in [5, 5.41) is 13.0. The predicted molar refractivity (Wildman–Crippen MR) is 70.3 cm³/mol. The van der Waals surface area contributed by atoms with Gasteiger partial charge in [-0.1, -0.05) is 30.3 Å². The van der Waals surface area contributed by atoms with Crippen LogP contribution >= 0.6 is 0 Å². The Kier molecular flexibility index (Phi) is 3.86. The smallest absolute Gasteiger partial charge is 0.326 e. The van der Waals surface area contributed by atoms with Gasteiger partial charge in [-0.3, -0.25) is 9.48 Å². The van der Waals surface area contributed by atoms with Crippen LogP contribution in [-0.2, 0) is 21.9 Å². The number of sulfonamides is 1. The highest BCUT2D eigenvalue weighted by Crippen LogP contribution is 2.17. The van der Waals surface area contributed by atoms with E-state index >= 15 is 0 Å². The Bertz CT molecular complexity index is 709. The molecule has 8 heteroatoms. The molecule has 0 aliphatic heterocycles. The van der Waals surface area contributed by atoms with Gasteiger partial charge < -0.3 is 5.11 Å². The number of aryl methyl sites for hydroxylation is 1. The van der Waals surface area contributed by atoms with Crippen molar-refractivity contribution in [1.29, 1.82) is 0 Å². The molecular formula is C12H13N3O4S. The van der Waals surface area contributed by atoms with Crippen LogP contribution in [0, 0.1) is 0 Å². The predicted octanol–water partition coefficient (Wildman–Crippen LogP) is 0.524. The molecule has 2 aromatic rings. The number of hydrogen-bond donors (Lipinski definition) is 2. The molecule has 0 amide bonds. The van der Waals surface area contributed by atoms with E-state index in [1.54, 1.807) is 37.4 Å². The third-order valence-corrected chi connectivity index (χ3v) is 4.02. The second-order valence-corrected chi connectivity index (χ2v) is 5.87. The molecule has 1 aromatic carbocycles. The fraction of sp³-hybridized carbons (Fsp3) is 0.167. The molecule has 0 saturated heterocycles. The second-order valence-electron chi connectivity index (χ2n) is 4.15. The van der Waals surface area contributed by atoms with E-state index in [0.717, 1.165) is 6.20 Å². The van der Waals surface area contributed by atoms with Crippen molar-refractivity contribution >= 4 is 16.0 Å². The maximum Gasteiger partial charge on any atom is 0.326 e. The third-order valence-electron chi connectivity index (χ3n) is 2.64. The topological polar surface area (TPSA) is 101 Å². The fourth-order valence-corrected chi connectivity index (χ4v) is 2.83. The lowest BCUT2D eigenvalue weighted by Gasteiger charge is -2.14. The van der Waals surface area contributed by atoms with Gasteiger partial charge in [0.25, 0.3) is 0 Å². The molecule has 7 nitrogen and oxygen atoms in total. The summed E-state index contributed by atoms with van der Waals surface area (Å²) in [6.45, 7) is 0. The van der Waals surface area contributed by atoms with Crippen molar-refractivity contribution in [2.24, 2.45) is 7.05 Å². The van der Waals surface area contributed by atoms with E-state index in [-0.39, 0.29) is 4.90 Å². The number of rotatable bonds is 5. The normalized spacial score (nSPS) is 13.1. The molecule has 0 aliphatic carbocycles. The number of benzene rings is 1. The average molecular weight is 295 g/mol. The van der Waals surface area contributed by atoms with E-state index in [1.807, 2.05) is 0 Å². The molecule has 0 radical (unpaired) electrons. The highest BCUT2D eigenvalue weighted by atomic mass is 32.2. The summed E-state index contributed by atoms with van der Waals surface area (Å²) in [4.78, 5) is 11.2. The minimum absolute atomic E-state index is 0.0813. The van der Waals surface area contributed by atoms with Gasteiger partial charge in [0, 0.05) is 13.2 Å². The Morgan fingerprint density at radius 1 is 1.35 bits per heavy atom. The Hall–Kier alpha value is -2.19. The van der Waals surface area contributed by atoms with E-state index in [2.05, 4.69) is 9.82 Å². The van der Waals surface area contributed by atoms with Crippen LogP contribution < -0.4 is 4.72 Å². The Morgan fingerprint density at radius 3 is 2.50 bits per heavy atom. The summed E-state index contributed by atoms with van der Waals surface area (Å²) < 4.78 is 27.7. The van der Waals surface area contributed by atoms with Gasteiger partial charge in [-0.25, -0.2) is 8.42 Å². The zero-order valence-corrected chi connectivity index (χ0v) is 11.4. The van der Waals surface area contributed by atoms with Gasteiger partial charge in [0.2, 0.25) is 10.0 Å². The first-order valence-electron chi connectivity index (χ1n) is 5.69. The Balaban J connectivity index is 2.32. The minimum Gasteiger partial charge on any atom is -0.480 e. The SMILES string of the molecule is Cn1cc(S(=O)(=O)N[C@@H](C(=O)O)c2ccccc2)cn1. The zero-order valence-electron chi connectivity index (χ0n) is 10.6. The Morgan fingerprint density at radius 2 is 2.00 bits per heavy atom. The molecule has 0 saturated carbocycles. The summed E-state index contributed by atoms with van der Waals surface area (Å²) in [6, 6.07) is 6.75. The monoisotopic (exact) mass is 295 g/mol. The standard InChI is InChI=1S/C12H13N3O4S/c1-15-8-10(7-13-15)20(18,19)14-11(12(16)17)9-5-3-2-4-6-9/h2-8,11,14H,1H3,(H,16,17)/t11-/m1/s1. The quantitative estimate of drug-likeness (QED) is 0.837. The van der Waals surface area contributed by atoms with Gasteiger partial charge in [-0.05, 0) is 5.56 Å². The number of nitrogens with zero attached hydrogens (tertiary/aromatic N) is 2. The van der Waals surface area contributed by atoms with Crippen molar-refractivity contribution in [1.82, 2.24) is 14.5 Å². The van der Waals surface area contributed by atoms with Crippen LogP contribution in [0.2, 0.25) is 0 Å². The first kappa shape index (κ1) is 14.2. The molecular weight excluding hydrogens is 282 g/mol. The average Bonchev–Trinajstić information content (AvgIpc) is 2.84. The number of hydrogen-bond acceptors (Lipinski definition) is 4. The van der Waals surface area contributed by atoms with Gasteiger partial charge in [-0.15, -0.1) is 0 Å². The number of aromatic nitrogens is 2. The summed E-state index contributed by atoms with van der Waals surface area (Å²) in [5.41, 5.74) is 0.354. The Labute approximate surface area is 115 Å². The summed E-state index contributed by atoms with van der Waals surface area (Å²) >= 11 is 0. The van der Waals surface area contributed by atoms with Gasteiger partial charge in [0.05, 0.1) is 6.20 Å². The summed E-state index contributed by atoms with van der Waals surface area (Å²) in [6.07, 6.45) is 2.46. The highest BCUT2D eigenvalue weighted by Gasteiger charge is 2.27. The lowest BCUT2D eigenvalue weighted by atomic mass is 10.1.